The lowest BCUT2D eigenvalue weighted by Crippen LogP contribution is -2.29. The maximum Gasteiger partial charge on any atom is 0.249 e. The fourth-order valence-electron chi connectivity index (χ4n) is 3.27. The van der Waals surface area contributed by atoms with Crippen LogP contribution in [-0.2, 0) is 4.79 Å². The van der Waals surface area contributed by atoms with Gasteiger partial charge >= 0.3 is 0 Å². The highest BCUT2D eigenvalue weighted by Gasteiger charge is 2.36. The van der Waals surface area contributed by atoms with E-state index in [1.54, 1.807) is 36.0 Å². The summed E-state index contributed by atoms with van der Waals surface area (Å²) in [5.74, 6) is -2.73. The van der Waals surface area contributed by atoms with E-state index in [1.165, 1.54) is 0 Å². The number of aromatic amines is 1. The van der Waals surface area contributed by atoms with E-state index in [9.17, 15) is 14.9 Å². The van der Waals surface area contributed by atoms with Gasteiger partial charge in [0.15, 0.2) is 5.92 Å². The summed E-state index contributed by atoms with van der Waals surface area (Å²) < 4.78 is 0. The summed E-state index contributed by atoms with van der Waals surface area (Å²) in [6.07, 6.45) is 0. The summed E-state index contributed by atoms with van der Waals surface area (Å²) in [6.45, 7) is 1.98. The topological polar surface area (TPSA) is 98.6 Å². The van der Waals surface area contributed by atoms with Crippen molar-refractivity contribution in [2.75, 3.05) is 5.32 Å². The fraction of sp³-hybridized carbons (Fsp3) is 0.143. The average molecular weight is 388 g/mol. The molecule has 28 heavy (non-hydrogen) atoms. The molecule has 138 valence electrons. The number of rotatable bonds is 4. The number of H-pyrrole nitrogens is 1. The van der Waals surface area contributed by atoms with Crippen LogP contribution >= 0.6 is 11.8 Å². The third-order valence-corrected chi connectivity index (χ3v) is 5.80. The van der Waals surface area contributed by atoms with Gasteiger partial charge in [-0.2, -0.15) is 10.4 Å². The first-order chi connectivity index (χ1) is 13.6. The average Bonchev–Trinajstić information content (AvgIpc) is 3.15. The molecule has 3 aromatic rings. The molecule has 1 aliphatic heterocycles. The van der Waals surface area contributed by atoms with Gasteiger partial charge in [0.1, 0.15) is 5.69 Å². The summed E-state index contributed by atoms with van der Waals surface area (Å²) in [7, 11) is 0. The molecule has 6 nitrogen and oxygen atoms in total. The van der Waals surface area contributed by atoms with E-state index in [0.29, 0.717) is 5.69 Å². The van der Waals surface area contributed by atoms with Crippen LogP contribution in [0.3, 0.4) is 0 Å². The number of amides is 1. The minimum absolute atomic E-state index is 0.0286. The van der Waals surface area contributed by atoms with Crippen LogP contribution in [0.25, 0.3) is 11.3 Å². The molecule has 1 aromatic heterocycles. The van der Waals surface area contributed by atoms with Crippen molar-refractivity contribution in [2.24, 2.45) is 5.92 Å². The number of carbonyl (C=O) groups is 2. The summed E-state index contributed by atoms with van der Waals surface area (Å²) in [4.78, 5) is 26.7. The van der Waals surface area contributed by atoms with Crippen molar-refractivity contribution >= 4 is 29.1 Å². The molecule has 1 aliphatic rings. The zero-order valence-electron chi connectivity index (χ0n) is 15.0. The van der Waals surface area contributed by atoms with Crippen molar-refractivity contribution in [3.05, 3.63) is 65.9 Å². The Morgan fingerprint density at radius 2 is 1.89 bits per heavy atom. The van der Waals surface area contributed by atoms with Gasteiger partial charge in [0.25, 0.3) is 0 Å². The second kappa shape index (κ2) is 7.33. The first-order valence-corrected chi connectivity index (χ1v) is 9.62. The van der Waals surface area contributed by atoms with Gasteiger partial charge < -0.3 is 5.32 Å². The van der Waals surface area contributed by atoms with Crippen LogP contribution in [0.2, 0.25) is 0 Å². The highest BCUT2D eigenvalue weighted by Crippen LogP contribution is 2.49. The third-order valence-electron chi connectivity index (χ3n) is 4.60. The molecule has 0 saturated carbocycles. The Balaban J connectivity index is 1.66. The number of ketones is 1. The number of carbonyl (C=O) groups excluding carboxylic acids is 2. The highest BCUT2D eigenvalue weighted by atomic mass is 32.2. The Hall–Kier alpha value is -3.37. The van der Waals surface area contributed by atoms with E-state index in [0.717, 1.165) is 21.7 Å². The van der Waals surface area contributed by atoms with Crippen molar-refractivity contribution < 1.29 is 9.59 Å². The third kappa shape index (κ3) is 3.08. The number of hydrogen-bond donors (Lipinski definition) is 2. The van der Waals surface area contributed by atoms with E-state index in [2.05, 4.69) is 15.5 Å². The van der Waals surface area contributed by atoms with Gasteiger partial charge in [-0.05, 0) is 25.1 Å². The molecular weight excluding hydrogens is 372 g/mol. The smallest absolute Gasteiger partial charge is 0.249 e. The molecule has 2 N–H and O–H groups in total. The normalized spacial score (nSPS) is 15.6. The number of Topliss-reactive ketones (excluding diaryl/α,β-unsaturated/α-hetero) is 1. The van der Waals surface area contributed by atoms with Crippen molar-refractivity contribution in [3.8, 4) is 17.3 Å². The van der Waals surface area contributed by atoms with Gasteiger partial charge in [-0.25, -0.2) is 0 Å². The Morgan fingerprint density at radius 1 is 1.18 bits per heavy atom. The van der Waals surface area contributed by atoms with E-state index in [-0.39, 0.29) is 10.9 Å². The lowest BCUT2D eigenvalue weighted by Gasteiger charge is -2.21. The molecular formula is C21H16N4O2S. The maximum absolute atomic E-state index is 13.0. The minimum atomic E-state index is -1.47. The first kappa shape index (κ1) is 18.0. The lowest BCUT2D eigenvalue weighted by atomic mass is 9.95. The van der Waals surface area contributed by atoms with Gasteiger partial charge in [0.05, 0.1) is 11.8 Å². The van der Waals surface area contributed by atoms with Gasteiger partial charge in [-0.3, -0.25) is 14.7 Å². The van der Waals surface area contributed by atoms with Crippen LogP contribution in [0, 0.1) is 17.2 Å². The molecule has 2 atom stereocenters. The molecule has 4 rings (SSSR count). The fourth-order valence-corrected chi connectivity index (χ4v) is 4.46. The molecule has 2 unspecified atom stereocenters. The lowest BCUT2D eigenvalue weighted by molar-refractivity contribution is -0.117. The summed E-state index contributed by atoms with van der Waals surface area (Å²) in [6, 6.07) is 18.4. The Kier molecular flexibility index (Phi) is 4.72. The van der Waals surface area contributed by atoms with Crippen LogP contribution in [0.4, 0.5) is 5.69 Å². The summed E-state index contributed by atoms with van der Waals surface area (Å²) >= 11 is 1.63. The molecule has 0 aliphatic carbocycles. The number of para-hydroxylation sites is 1. The number of thioether (sulfide) groups is 1. The standard InChI is InChI=1S/C21H16N4O2S/c1-12-17-18(14-9-5-6-10-16(14)28-12)24-25-19(17)20(26)15(11-22)21(27)23-13-7-3-2-4-8-13/h2-10,12,15H,1H3,(H,23,27)(H,24,25). The largest absolute Gasteiger partial charge is 0.325 e. The number of fused-ring (bicyclic) bond motifs is 3. The molecule has 0 spiro atoms. The minimum Gasteiger partial charge on any atom is -0.325 e. The number of aromatic nitrogens is 2. The van der Waals surface area contributed by atoms with Crippen LogP contribution in [-0.4, -0.2) is 21.9 Å². The molecule has 0 bridgehead atoms. The SMILES string of the molecule is CC1Sc2ccccc2-c2[nH]nc(C(=O)C(C#N)C(=O)Nc3ccccc3)c21. The van der Waals surface area contributed by atoms with Crippen LogP contribution in [0.5, 0.6) is 0 Å². The number of nitrogens with zero attached hydrogens (tertiary/aromatic N) is 2. The second-order valence-electron chi connectivity index (χ2n) is 6.40. The van der Waals surface area contributed by atoms with Crippen molar-refractivity contribution in [1.82, 2.24) is 10.2 Å². The van der Waals surface area contributed by atoms with E-state index < -0.39 is 17.6 Å². The number of nitrogens with one attached hydrogen (secondary N) is 2. The number of anilines is 1. The molecule has 1 amide bonds. The quantitative estimate of drug-likeness (QED) is 0.515. The predicted molar refractivity (Wildman–Crippen MR) is 107 cm³/mol. The van der Waals surface area contributed by atoms with Crippen molar-refractivity contribution in [3.63, 3.8) is 0 Å². The van der Waals surface area contributed by atoms with E-state index in [4.69, 9.17) is 0 Å². The Bertz CT molecular complexity index is 1100. The van der Waals surface area contributed by atoms with Gasteiger partial charge in [-0.1, -0.05) is 36.4 Å². The molecule has 2 aromatic carbocycles. The Morgan fingerprint density at radius 3 is 2.64 bits per heavy atom. The zero-order valence-corrected chi connectivity index (χ0v) is 15.8. The predicted octanol–water partition coefficient (Wildman–Crippen LogP) is 4.20. The molecule has 7 heteroatoms. The molecule has 2 heterocycles. The highest BCUT2D eigenvalue weighted by molar-refractivity contribution is 7.99. The van der Waals surface area contributed by atoms with E-state index in [1.807, 2.05) is 43.3 Å². The van der Waals surface area contributed by atoms with Crippen LogP contribution in [0.15, 0.2) is 59.5 Å². The number of hydrogen-bond acceptors (Lipinski definition) is 5. The Labute approximate surface area is 166 Å². The van der Waals surface area contributed by atoms with Gasteiger partial charge in [0, 0.05) is 27.0 Å². The first-order valence-electron chi connectivity index (χ1n) is 8.74. The molecule has 0 fully saturated rings. The van der Waals surface area contributed by atoms with Crippen molar-refractivity contribution in [1.29, 1.82) is 5.26 Å². The molecule has 0 saturated heterocycles. The number of nitriles is 1. The van der Waals surface area contributed by atoms with Gasteiger partial charge in [-0.15, -0.1) is 11.8 Å². The van der Waals surface area contributed by atoms with E-state index >= 15 is 0 Å². The summed E-state index contributed by atoms with van der Waals surface area (Å²) in [5, 5.41) is 19.2. The zero-order chi connectivity index (χ0) is 19.7. The monoisotopic (exact) mass is 388 g/mol. The summed E-state index contributed by atoms with van der Waals surface area (Å²) in [5.41, 5.74) is 3.16. The van der Waals surface area contributed by atoms with Crippen molar-refractivity contribution in [2.45, 2.75) is 17.1 Å². The second-order valence-corrected chi connectivity index (χ2v) is 7.78. The number of benzene rings is 2. The maximum atomic E-state index is 13.0. The van der Waals surface area contributed by atoms with Gasteiger partial charge in [0.2, 0.25) is 11.7 Å². The van der Waals surface area contributed by atoms with Crippen LogP contribution < -0.4 is 5.32 Å². The molecule has 0 radical (unpaired) electrons. The van der Waals surface area contributed by atoms with Crippen LogP contribution in [0.1, 0.15) is 28.2 Å².